The minimum atomic E-state index is 0.860. The lowest BCUT2D eigenvalue weighted by Gasteiger charge is -2.17. The topological polar surface area (TPSA) is 0 Å². The molecule has 0 nitrogen and oxygen atoms in total. The third-order valence-electron chi connectivity index (χ3n) is 2.02. The molecule has 0 amide bonds. The highest BCUT2D eigenvalue weighted by molar-refractivity contribution is 4.97. The fraction of sp³-hybridized carbons (Fsp3) is 0.700. The Labute approximate surface area is 64.3 Å². The molecule has 0 aliphatic heterocycles. The molecule has 0 heteroatoms. The highest BCUT2D eigenvalue weighted by Gasteiger charge is 2.09. The quantitative estimate of drug-likeness (QED) is 0.512. The van der Waals surface area contributed by atoms with Crippen LogP contribution in [0.4, 0.5) is 0 Å². The molecule has 0 aromatic heterocycles. The predicted octanol–water partition coefficient (Wildman–Crippen LogP) is 3.35. The third-order valence-corrected chi connectivity index (χ3v) is 2.02. The monoisotopic (exact) mass is 137 g/mol. The van der Waals surface area contributed by atoms with Gasteiger partial charge in [-0.2, -0.15) is 0 Å². The molecule has 1 unspecified atom stereocenters. The van der Waals surface area contributed by atoms with E-state index >= 15 is 0 Å². The van der Waals surface area contributed by atoms with Crippen LogP contribution in [0, 0.1) is 11.8 Å². The average molecular weight is 137 g/mol. The smallest absolute Gasteiger partial charge is 0.0228 e. The van der Waals surface area contributed by atoms with Gasteiger partial charge in [0.05, 0.1) is 0 Å². The molecule has 0 saturated heterocycles. The number of hydrogen-bond acceptors (Lipinski definition) is 0. The minimum absolute atomic E-state index is 0.860. The molecule has 1 rings (SSSR count). The number of rotatable bonds is 2. The fourth-order valence-corrected chi connectivity index (χ4v) is 1.58. The Morgan fingerprint density at radius 1 is 1.50 bits per heavy atom. The molecule has 0 aromatic carbocycles. The molecule has 10 heavy (non-hydrogen) atoms. The van der Waals surface area contributed by atoms with Gasteiger partial charge in [-0.25, -0.2) is 0 Å². The van der Waals surface area contributed by atoms with Gasteiger partial charge < -0.3 is 0 Å². The molecule has 0 saturated carbocycles. The maximum absolute atomic E-state index is 2.39. The standard InChI is InChI=1S/C10H17/c1-9(2)8-10-6-4-3-5-7-10/h4,6,10H,3,5,7-8H2,1-2H3. The molecular weight excluding hydrogens is 120 g/mol. The van der Waals surface area contributed by atoms with E-state index in [1.807, 2.05) is 0 Å². The molecule has 1 aliphatic rings. The van der Waals surface area contributed by atoms with Crippen LogP contribution >= 0.6 is 0 Å². The van der Waals surface area contributed by atoms with E-state index in [0.29, 0.717) is 0 Å². The van der Waals surface area contributed by atoms with E-state index in [1.165, 1.54) is 25.7 Å². The van der Waals surface area contributed by atoms with Crippen molar-refractivity contribution in [3.8, 4) is 0 Å². The average Bonchev–Trinajstić information content (AvgIpc) is 1.88. The van der Waals surface area contributed by atoms with Crippen molar-refractivity contribution in [2.75, 3.05) is 0 Å². The minimum Gasteiger partial charge on any atom is -0.0883 e. The maximum atomic E-state index is 2.39. The van der Waals surface area contributed by atoms with E-state index in [9.17, 15) is 0 Å². The normalized spacial score (nSPS) is 25.7. The summed E-state index contributed by atoms with van der Waals surface area (Å²) >= 11 is 0. The van der Waals surface area contributed by atoms with Gasteiger partial charge in [0.2, 0.25) is 0 Å². The molecule has 0 aromatic rings. The zero-order valence-corrected chi connectivity index (χ0v) is 7.06. The predicted molar refractivity (Wildman–Crippen MR) is 45.7 cm³/mol. The van der Waals surface area contributed by atoms with Crippen LogP contribution in [0.2, 0.25) is 0 Å². The Kier molecular flexibility index (Phi) is 2.98. The third kappa shape index (κ3) is 2.55. The molecule has 0 heterocycles. The summed E-state index contributed by atoms with van der Waals surface area (Å²) in [4.78, 5) is 0. The summed E-state index contributed by atoms with van der Waals surface area (Å²) in [5, 5.41) is 0. The van der Waals surface area contributed by atoms with Crippen molar-refractivity contribution in [1.82, 2.24) is 0 Å². The van der Waals surface area contributed by atoms with Gasteiger partial charge in [-0.05, 0) is 37.5 Å². The second kappa shape index (κ2) is 3.80. The van der Waals surface area contributed by atoms with Crippen LogP contribution in [0.3, 0.4) is 0 Å². The van der Waals surface area contributed by atoms with Crippen LogP contribution in [0.15, 0.2) is 12.2 Å². The Morgan fingerprint density at radius 3 is 2.80 bits per heavy atom. The summed E-state index contributed by atoms with van der Waals surface area (Å²) in [6.45, 7) is 4.45. The highest BCUT2D eigenvalue weighted by Crippen LogP contribution is 2.23. The van der Waals surface area contributed by atoms with E-state index < -0.39 is 0 Å². The Morgan fingerprint density at radius 2 is 2.30 bits per heavy atom. The van der Waals surface area contributed by atoms with Crippen molar-refractivity contribution < 1.29 is 0 Å². The second-order valence-corrected chi connectivity index (χ2v) is 3.53. The van der Waals surface area contributed by atoms with Crippen LogP contribution < -0.4 is 0 Å². The summed E-state index contributed by atoms with van der Waals surface area (Å²) in [6.07, 6.45) is 10.1. The van der Waals surface area contributed by atoms with Crippen molar-refractivity contribution in [3.63, 3.8) is 0 Å². The van der Waals surface area contributed by atoms with Crippen molar-refractivity contribution in [3.05, 3.63) is 18.1 Å². The molecule has 0 spiro atoms. The van der Waals surface area contributed by atoms with Crippen LogP contribution in [0.25, 0.3) is 0 Å². The zero-order valence-electron chi connectivity index (χ0n) is 7.06. The largest absolute Gasteiger partial charge is 0.0883 e. The molecule has 1 aliphatic carbocycles. The van der Waals surface area contributed by atoms with Crippen LogP contribution in [-0.2, 0) is 0 Å². The van der Waals surface area contributed by atoms with Gasteiger partial charge in [0.25, 0.3) is 0 Å². The van der Waals surface area contributed by atoms with Crippen LogP contribution in [-0.4, -0.2) is 0 Å². The molecule has 57 valence electrons. The van der Waals surface area contributed by atoms with Gasteiger partial charge in [-0.1, -0.05) is 26.0 Å². The second-order valence-electron chi connectivity index (χ2n) is 3.53. The van der Waals surface area contributed by atoms with E-state index in [0.717, 1.165) is 5.92 Å². The Hall–Kier alpha value is -0.260. The van der Waals surface area contributed by atoms with Gasteiger partial charge in [0, 0.05) is 0 Å². The molecule has 0 fully saturated rings. The summed E-state index contributed by atoms with van der Waals surface area (Å²) in [5.41, 5.74) is 0. The lowest BCUT2D eigenvalue weighted by atomic mass is 9.89. The molecule has 1 radical (unpaired) electrons. The molecule has 0 bridgehead atoms. The Balaban J connectivity index is 2.26. The highest BCUT2D eigenvalue weighted by atomic mass is 14.1. The van der Waals surface area contributed by atoms with Gasteiger partial charge in [-0.15, -0.1) is 0 Å². The fourth-order valence-electron chi connectivity index (χ4n) is 1.58. The summed E-state index contributed by atoms with van der Waals surface area (Å²) in [6, 6.07) is 0. The van der Waals surface area contributed by atoms with Gasteiger partial charge in [0.1, 0.15) is 0 Å². The lowest BCUT2D eigenvalue weighted by Crippen LogP contribution is -2.03. The zero-order chi connectivity index (χ0) is 7.40. The number of hydrogen-bond donors (Lipinski definition) is 0. The SMILES string of the molecule is C[C](C)CC1C=CCCC1. The first-order valence-corrected chi connectivity index (χ1v) is 4.24. The van der Waals surface area contributed by atoms with E-state index in [-0.39, 0.29) is 0 Å². The first-order chi connectivity index (χ1) is 4.79. The van der Waals surface area contributed by atoms with Crippen molar-refractivity contribution >= 4 is 0 Å². The Bertz CT molecular complexity index is 111. The molecular formula is C10H17. The van der Waals surface area contributed by atoms with Crippen molar-refractivity contribution in [2.24, 2.45) is 5.92 Å². The molecule has 0 N–H and O–H groups in total. The van der Waals surface area contributed by atoms with Gasteiger partial charge in [-0.3, -0.25) is 0 Å². The van der Waals surface area contributed by atoms with Gasteiger partial charge in [0.15, 0.2) is 0 Å². The summed E-state index contributed by atoms with van der Waals surface area (Å²) < 4.78 is 0. The van der Waals surface area contributed by atoms with E-state index in [4.69, 9.17) is 0 Å². The van der Waals surface area contributed by atoms with Crippen LogP contribution in [0.5, 0.6) is 0 Å². The lowest BCUT2D eigenvalue weighted by molar-refractivity contribution is 0.515. The van der Waals surface area contributed by atoms with Crippen molar-refractivity contribution in [2.45, 2.75) is 39.5 Å². The van der Waals surface area contributed by atoms with Crippen molar-refractivity contribution in [1.29, 1.82) is 0 Å². The first-order valence-electron chi connectivity index (χ1n) is 4.24. The molecule has 1 atom stereocenters. The van der Waals surface area contributed by atoms with E-state index in [2.05, 4.69) is 26.0 Å². The summed E-state index contributed by atoms with van der Waals surface area (Å²) in [5.74, 6) is 2.43. The summed E-state index contributed by atoms with van der Waals surface area (Å²) in [7, 11) is 0. The first kappa shape index (κ1) is 7.84. The maximum Gasteiger partial charge on any atom is -0.0228 e. The number of allylic oxidation sites excluding steroid dienone is 2. The van der Waals surface area contributed by atoms with Crippen LogP contribution in [0.1, 0.15) is 39.5 Å². The van der Waals surface area contributed by atoms with Gasteiger partial charge >= 0.3 is 0 Å². The van der Waals surface area contributed by atoms with E-state index in [1.54, 1.807) is 5.92 Å².